The molecule has 1 N–H and O–H groups in total. The molecule has 1 spiro atoms. The maximum atomic E-state index is 12.7. The molecule has 2 aliphatic heterocycles. The van der Waals surface area contributed by atoms with Crippen molar-refractivity contribution in [2.75, 3.05) is 52.3 Å². The fraction of sp³-hybridized carbons (Fsp3) is 0.500. The first kappa shape index (κ1) is 20.1. The summed E-state index contributed by atoms with van der Waals surface area (Å²) >= 11 is 0. The van der Waals surface area contributed by atoms with Crippen molar-refractivity contribution in [2.24, 2.45) is 5.41 Å². The molecule has 2 aromatic rings. The van der Waals surface area contributed by atoms with Gasteiger partial charge in [-0.05, 0) is 31.2 Å². The second-order valence-electron chi connectivity index (χ2n) is 7.82. The third-order valence-electron chi connectivity index (χ3n) is 5.75. The van der Waals surface area contributed by atoms with Gasteiger partial charge in [0.1, 0.15) is 12.4 Å². The van der Waals surface area contributed by atoms with Gasteiger partial charge in [0.05, 0.1) is 13.0 Å². The Balaban J connectivity index is 1.45. The number of benzene rings is 1. The second-order valence-corrected chi connectivity index (χ2v) is 7.82. The lowest BCUT2D eigenvalue weighted by molar-refractivity contribution is -0.134. The number of urea groups is 1. The molecular weight excluding hydrogens is 390 g/mol. The van der Waals surface area contributed by atoms with Crippen molar-refractivity contribution >= 4 is 17.6 Å². The predicted octanol–water partition coefficient (Wildman–Crippen LogP) is 1.49. The predicted molar refractivity (Wildman–Crippen MR) is 106 cm³/mol. The molecular formula is C20H25N5O5. The molecule has 30 heavy (non-hydrogen) atoms. The molecule has 10 heteroatoms. The van der Waals surface area contributed by atoms with Gasteiger partial charge in [-0.15, -0.1) is 0 Å². The van der Waals surface area contributed by atoms with E-state index in [4.69, 9.17) is 14.0 Å². The van der Waals surface area contributed by atoms with Gasteiger partial charge in [0.2, 0.25) is 11.8 Å². The number of aromatic nitrogens is 2. The number of nitrogens with zero attached hydrogens (tertiary/aromatic N) is 4. The summed E-state index contributed by atoms with van der Waals surface area (Å²) in [5, 5.41) is 6.79. The molecule has 3 amide bonds. The lowest BCUT2D eigenvalue weighted by Crippen LogP contribution is -2.62. The minimum Gasteiger partial charge on any atom is -0.497 e. The van der Waals surface area contributed by atoms with Crippen LogP contribution in [-0.2, 0) is 9.53 Å². The van der Waals surface area contributed by atoms with Crippen molar-refractivity contribution in [2.45, 2.75) is 12.8 Å². The molecule has 0 radical (unpaired) electrons. The maximum Gasteiger partial charge on any atom is 0.321 e. The molecule has 3 heterocycles. The summed E-state index contributed by atoms with van der Waals surface area (Å²) in [6, 6.07) is 6.97. The number of hydrogen-bond donors (Lipinski definition) is 1. The number of ether oxygens (including phenoxy) is 2. The van der Waals surface area contributed by atoms with E-state index >= 15 is 0 Å². The van der Waals surface area contributed by atoms with E-state index in [0.29, 0.717) is 43.6 Å². The molecule has 0 aliphatic carbocycles. The number of carbonyl (C=O) groups is 2. The summed E-state index contributed by atoms with van der Waals surface area (Å²) in [6.45, 7) is 3.77. The molecule has 1 aromatic heterocycles. The molecule has 1 aromatic carbocycles. The van der Waals surface area contributed by atoms with Gasteiger partial charge in [-0.2, -0.15) is 4.98 Å². The van der Waals surface area contributed by atoms with Gasteiger partial charge >= 0.3 is 6.03 Å². The van der Waals surface area contributed by atoms with Crippen LogP contribution >= 0.6 is 0 Å². The fourth-order valence-electron chi connectivity index (χ4n) is 4.22. The highest BCUT2D eigenvalue weighted by molar-refractivity contribution is 5.90. The summed E-state index contributed by atoms with van der Waals surface area (Å²) in [6.07, 6.45) is 0. The highest BCUT2D eigenvalue weighted by Gasteiger charge is 2.58. The first-order valence-electron chi connectivity index (χ1n) is 9.71. The summed E-state index contributed by atoms with van der Waals surface area (Å²) in [4.78, 5) is 33.0. The third kappa shape index (κ3) is 3.70. The molecule has 2 saturated heterocycles. The van der Waals surface area contributed by atoms with Crippen LogP contribution in [0.25, 0.3) is 0 Å². The van der Waals surface area contributed by atoms with Crippen molar-refractivity contribution in [1.29, 1.82) is 0 Å². The molecule has 160 valence electrons. The van der Waals surface area contributed by atoms with Gasteiger partial charge in [-0.1, -0.05) is 5.16 Å². The number of likely N-dealkylation sites (tertiary alicyclic amines) is 2. The number of hydrogen-bond acceptors (Lipinski definition) is 7. The Bertz CT molecular complexity index is 922. The first-order chi connectivity index (χ1) is 14.4. The lowest BCUT2D eigenvalue weighted by atomic mass is 9.71. The maximum absolute atomic E-state index is 12.7. The van der Waals surface area contributed by atoms with Crippen molar-refractivity contribution in [1.82, 2.24) is 19.9 Å². The minimum absolute atomic E-state index is 0.0212. The fourth-order valence-corrected chi connectivity index (χ4v) is 4.22. The van der Waals surface area contributed by atoms with Crippen LogP contribution in [0, 0.1) is 12.3 Å². The highest BCUT2D eigenvalue weighted by atomic mass is 16.5. The summed E-state index contributed by atoms with van der Waals surface area (Å²) in [5.41, 5.74) is 0.383. The normalized spacial score (nSPS) is 19.6. The monoisotopic (exact) mass is 415 g/mol. The zero-order valence-electron chi connectivity index (χ0n) is 17.3. The van der Waals surface area contributed by atoms with E-state index in [-0.39, 0.29) is 29.9 Å². The SMILES string of the molecule is COCC(=O)N1CC(c2nc(C)no2)C2(C1)CN(C(=O)Nc1ccc(OC)cc1)C2. The first-order valence-corrected chi connectivity index (χ1v) is 9.71. The number of aryl methyl sites for hydroxylation is 1. The lowest BCUT2D eigenvalue weighted by Gasteiger charge is -2.49. The third-order valence-corrected chi connectivity index (χ3v) is 5.75. The van der Waals surface area contributed by atoms with E-state index in [0.717, 1.165) is 5.75 Å². The number of carbonyl (C=O) groups excluding carboxylic acids is 2. The van der Waals surface area contributed by atoms with Gasteiger partial charge in [-0.3, -0.25) is 4.79 Å². The Labute approximate surface area is 174 Å². The van der Waals surface area contributed by atoms with Crippen LogP contribution in [0.1, 0.15) is 17.6 Å². The van der Waals surface area contributed by atoms with E-state index in [1.165, 1.54) is 7.11 Å². The Kier molecular flexibility index (Phi) is 5.33. The van der Waals surface area contributed by atoms with E-state index in [2.05, 4.69) is 15.5 Å². The Morgan fingerprint density at radius 3 is 2.50 bits per heavy atom. The number of anilines is 1. The van der Waals surface area contributed by atoms with Crippen LogP contribution in [0.15, 0.2) is 28.8 Å². The summed E-state index contributed by atoms with van der Waals surface area (Å²) in [7, 11) is 3.09. The smallest absolute Gasteiger partial charge is 0.321 e. The van der Waals surface area contributed by atoms with Gasteiger partial charge in [0.25, 0.3) is 0 Å². The number of nitrogens with one attached hydrogen (secondary N) is 1. The minimum atomic E-state index is -0.306. The molecule has 1 unspecified atom stereocenters. The van der Waals surface area contributed by atoms with Gasteiger partial charge in [0.15, 0.2) is 5.82 Å². The number of rotatable bonds is 5. The average molecular weight is 415 g/mol. The quantitative estimate of drug-likeness (QED) is 0.788. The Morgan fingerprint density at radius 1 is 1.20 bits per heavy atom. The Morgan fingerprint density at radius 2 is 1.90 bits per heavy atom. The topological polar surface area (TPSA) is 110 Å². The van der Waals surface area contributed by atoms with Crippen molar-refractivity contribution < 1.29 is 23.6 Å². The van der Waals surface area contributed by atoms with Crippen LogP contribution in [0.2, 0.25) is 0 Å². The zero-order chi connectivity index (χ0) is 21.3. The van der Waals surface area contributed by atoms with Gasteiger partial charge in [0, 0.05) is 44.4 Å². The van der Waals surface area contributed by atoms with Crippen LogP contribution < -0.4 is 10.1 Å². The summed E-state index contributed by atoms with van der Waals surface area (Å²) < 4.78 is 15.6. The van der Waals surface area contributed by atoms with E-state index < -0.39 is 0 Å². The zero-order valence-corrected chi connectivity index (χ0v) is 17.3. The van der Waals surface area contributed by atoms with E-state index in [9.17, 15) is 9.59 Å². The highest BCUT2D eigenvalue weighted by Crippen LogP contribution is 2.48. The molecule has 4 rings (SSSR count). The molecule has 10 nitrogen and oxygen atoms in total. The molecule has 0 bridgehead atoms. The van der Waals surface area contributed by atoms with Crippen LogP contribution in [0.3, 0.4) is 0 Å². The second kappa shape index (κ2) is 7.94. The summed E-state index contributed by atoms with van der Waals surface area (Å²) in [5.74, 6) is 1.58. The van der Waals surface area contributed by atoms with E-state index in [1.807, 2.05) is 0 Å². The largest absolute Gasteiger partial charge is 0.497 e. The molecule has 1 atom stereocenters. The molecule has 2 fully saturated rings. The van der Waals surface area contributed by atoms with Gasteiger partial charge < -0.3 is 29.1 Å². The van der Waals surface area contributed by atoms with Crippen molar-refractivity contribution in [3.63, 3.8) is 0 Å². The van der Waals surface area contributed by atoms with Crippen LogP contribution in [0.4, 0.5) is 10.5 Å². The van der Waals surface area contributed by atoms with Crippen LogP contribution in [-0.4, -0.2) is 78.9 Å². The standard InChI is InChI=1S/C20H25N5O5/c1-13-21-18(30-23-13)16-8-24(17(26)9-28-2)10-20(16)11-25(12-20)19(27)22-14-4-6-15(29-3)7-5-14/h4-7,16H,8-12H2,1-3H3,(H,22,27). The van der Waals surface area contributed by atoms with E-state index in [1.54, 1.807) is 48.1 Å². The van der Waals surface area contributed by atoms with Crippen molar-refractivity contribution in [3.05, 3.63) is 36.0 Å². The van der Waals surface area contributed by atoms with Crippen molar-refractivity contribution in [3.8, 4) is 5.75 Å². The average Bonchev–Trinajstić information content (AvgIpc) is 3.31. The Hall–Kier alpha value is -3.14. The molecule has 0 saturated carbocycles. The van der Waals surface area contributed by atoms with Crippen LogP contribution in [0.5, 0.6) is 5.75 Å². The molecule has 2 aliphatic rings. The van der Waals surface area contributed by atoms with Gasteiger partial charge in [-0.25, -0.2) is 4.79 Å². The number of amides is 3. The number of methoxy groups -OCH3 is 2.